The van der Waals surface area contributed by atoms with Crippen molar-refractivity contribution in [2.45, 2.75) is 24.5 Å². The Morgan fingerprint density at radius 3 is 2.40 bits per heavy atom. The minimum Gasteiger partial charge on any atom is -0.790 e. The van der Waals surface area contributed by atoms with Gasteiger partial charge in [0.15, 0.2) is 17.4 Å². The van der Waals surface area contributed by atoms with E-state index in [1.54, 1.807) is 0 Å². The number of rotatable bonds is 6. The van der Waals surface area contributed by atoms with E-state index in [0.717, 1.165) is 17.2 Å². The molecule has 3 rings (SSSR count). The maximum absolute atomic E-state index is 11.6. The topological polar surface area (TPSA) is 235 Å². The van der Waals surface area contributed by atoms with Crippen molar-refractivity contribution >= 4 is 26.8 Å². The van der Waals surface area contributed by atoms with Gasteiger partial charge in [-0.15, -0.1) is 0 Å². The quantitative estimate of drug-likeness (QED) is 0.250. The third-order valence-corrected chi connectivity index (χ3v) is 5.64. The number of phosphoric acid groups is 2. The molecular formula is C10H11N4Na3O11P2. The number of H-pyrrole nitrogens is 1. The fourth-order valence-corrected chi connectivity index (χ4v) is 3.95. The van der Waals surface area contributed by atoms with Gasteiger partial charge in [-0.1, -0.05) is 0 Å². The smallest absolute Gasteiger partial charge is 0.790 e. The van der Waals surface area contributed by atoms with E-state index in [4.69, 9.17) is 4.74 Å². The Bertz CT molecular complexity index is 999. The fraction of sp³-hybridized carbons (Fsp3) is 0.500. The van der Waals surface area contributed by atoms with Crippen molar-refractivity contribution < 1.29 is 136 Å². The van der Waals surface area contributed by atoms with Crippen LogP contribution < -0.4 is 109 Å². The Morgan fingerprint density at radius 2 is 1.80 bits per heavy atom. The minimum atomic E-state index is -5.87. The van der Waals surface area contributed by atoms with Gasteiger partial charge in [0.1, 0.15) is 18.3 Å². The number of fused-ring (bicyclic) bond motifs is 1. The molecule has 1 aliphatic heterocycles. The molecule has 3 unspecified atom stereocenters. The average Bonchev–Trinajstić information content (AvgIpc) is 3.07. The molecule has 0 amide bonds. The number of nitrogens with one attached hydrogen (secondary N) is 1. The van der Waals surface area contributed by atoms with Crippen molar-refractivity contribution in [3.63, 3.8) is 0 Å². The summed E-state index contributed by atoms with van der Waals surface area (Å²) < 4.78 is 35.5. The van der Waals surface area contributed by atoms with E-state index in [0.29, 0.717) is 0 Å². The van der Waals surface area contributed by atoms with Gasteiger partial charge in [0.25, 0.3) is 13.4 Å². The Labute approximate surface area is 234 Å². The maximum Gasteiger partial charge on any atom is 1.00 e. The number of aromatic nitrogens is 4. The van der Waals surface area contributed by atoms with Crippen molar-refractivity contribution in [2.75, 3.05) is 6.61 Å². The largest absolute Gasteiger partial charge is 1.00 e. The Hall–Kier alpha value is 1.49. The molecule has 0 saturated carbocycles. The second-order valence-electron chi connectivity index (χ2n) is 5.37. The second kappa shape index (κ2) is 12.3. The number of ether oxygens (including phenoxy) is 1. The molecule has 1 saturated heterocycles. The van der Waals surface area contributed by atoms with Gasteiger partial charge in [-0.05, 0) is 0 Å². The summed E-state index contributed by atoms with van der Waals surface area (Å²) in [7, 11) is -11.4. The zero-order valence-corrected chi connectivity index (χ0v) is 23.8. The van der Waals surface area contributed by atoms with Crippen LogP contribution in [0.25, 0.3) is 11.2 Å². The van der Waals surface area contributed by atoms with Crippen molar-refractivity contribution in [1.29, 1.82) is 0 Å². The number of hydrogen-bond acceptors (Lipinski definition) is 13. The molecule has 0 radical (unpaired) electrons. The average molecular weight is 494 g/mol. The van der Waals surface area contributed by atoms with Crippen LogP contribution in [-0.4, -0.2) is 54.7 Å². The van der Waals surface area contributed by atoms with Crippen LogP contribution in [0.5, 0.6) is 0 Å². The molecule has 0 aliphatic carbocycles. The number of aromatic amines is 1. The van der Waals surface area contributed by atoms with Crippen LogP contribution in [0.3, 0.4) is 0 Å². The molecule has 2 aromatic rings. The van der Waals surface area contributed by atoms with Crippen LogP contribution in [0, 0.1) is 0 Å². The van der Waals surface area contributed by atoms with E-state index < -0.39 is 52.4 Å². The van der Waals surface area contributed by atoms with E-state index in [-0.39, 0.29) is 99.8 Å². The molecule has 1 aliphatic rings. The summed E-state index contributed by atoms with van der Waals surface area (Å²) in [5.74, 6) is 0. The predicted octanol–water partition coefficient (Wildman–Crippen LogP) is -12.9. The standard InChI is InChI=1S/C10H14N4O11P2.3Na/c15-6-4(1-23-27(21,22)25-26(18,19)20)24-10(7(6)16)14-3-13-5-8(14)11-2-12-9(5)17;;;/h2-4,6-7,10,15-16H,1H2,(H,21,22)(H,11,12,17)(H2,18,19,20);;;/q;3*+1/p-3/t4-,6?,7?,10-;;;/m0.../s1. The molecule has 2 aromatic heterocycles. The zero-order valence-electron chi connectivity index (χ0n) is 16.0. The van der Waals surface area contributed by atoms with Crippen molar-refractivity contribution in [2.24, 2.45) is 0 Å². The molecule has 3 N–H and O–H groups in total. The molecular weight excluding hydrogens is 483 g/mol. The van der Waals surface area contributed by atoms with Crippen molar-refractivity contribution in [1.82, 2.24) is 19.5 Å². The first-order valence-electron chi connectivity index (χ1n) is 7.09. The Morgan fingerprint density at radius 1 is 1.17 bits per heavy atom. The van der Waals surface area contributed by atoms with E-state index in [1.807, 2.05) is 0 Å². The SMILES string of the molecule is O=c1[nH]cnc2c1ncn2[C@H]1O[C@@H](COP(=O)([O-])OP(=O)([O-])[O-])C(O)C1O.[Na+].[Na+].[Na+]. The Balaban J connectivity index is 0.00000280. The number of imidazole rings is 1. The minimum absolute atomic E-state index is 0. The van der Waals surface area contributed by atoms with Gasteiger partial charge in [0.2, 0.25) is 0 Å². The molecule has 30 heavy (non-hydrogen) atoms. The molecule has 15 nitrogen and oxygen atoms in total. The summed E-state index contributed by atoms with van der Waals surface area (Å²) in [6.45, 7) is -0.962. The van der Waals surface area contributed by atoms with Crippen LogP contribution in [-0.2, 0) is 22.7 Å². The zero-order chi connectivity index (χ0) is 20.0. The van der Waals surface area contributed by atoms with Crippen LogP contribution in [0.2, 0.25) is 0 Å². The number of hydrogen-bond donors (Lipinski definition) is 3. The third-order valence-electron chi connectivity index (χ3n) is 3.57. The van der Waals surface area contributed by atoms with Crippen LogP contribution in [0.15, 0.2) is 17.4 Å². The van der Waals surface area contributed by atoms with E-state index >= 15 is 0 Å². The fourth-order valence-electron chi connectivity index (χ4n) is 2.46. The van der Waals surface area contributed by atoms with Gasteiger partial charge in [-0.2, -0.15) is 0 Å². The van der Waals surface area contributed by atoms with Crippen LogP contribution in [0.4, 0.5) is 0 Å². The van der Waals surface area contributed by atoms with Gasteiger partial charge >= 0.3 is 88.7 Å². The molecule has 0 bridgehead atoms. The van der Waals surface area contributed by atoms with Gasteiger partial charge in [0.05, 0.1) is 27.1 Å². The van der Waals surface area contributed by atoms with Gasteiger partial charge < -0.3 is 43.7 Å². The van der Waals surface area contributed by atoms with Crippen LogP contribution in [0.1, 0.15) is 6.23 Å². The molecule has 3 heterocycles. The maximum atomic E-state index is 11.6. The van der Waals surface area contributed by atoms with Gasteiger partial charge in [-0.25, -0.2) is 9.97 Å². The number of nitrogens with zero attached hydrogens (tertiary/aromatic N) is 3. The molecule has 150 valence electrons. The van der Waals surface area contributed by atoms with E-state index in [2.05, 4.69) is 23.8 Å². The number of aliphatic hydroxyl groups excluding tert-OH is 2. The molecule has 0 aromatic carbocycles. The summed E-state index contributed by atoms with van der Waals surface area (Å²) >= 11 is 0. The summed E-state index contributed by atoms with van der Waals surface area (Å²) in [6, 6.07) is 0. The molecule has 1 fully saturated rings. The summed E-state index contributed by atoms with van der Waals surface area (Å²) in [5, 5.41) is 20.1. The first-order valence-corrected chi connectivity index (χ1v) is 10.0. The van der Waals surface area contributed by atoms with E-state index in [1.165, 1.54) is 0 Å². The third kappa shape index (κ3) is 7.50. The normalized spacial score (nSPS) is 25.6. The van der Waals surface area contributed by atoms with Crippen molar-refractivity contribution in [3.8, 4) is 0 Å². The molecule has 5 atom stereocenters. The summed E-state index contributed by atoms with van der Waals surface area (Å²) in [6.07, 6.45) is -3.84. The van der Waals surface area contributed by atoms with Gasteiger partial charge in [-0.3, -0.25) is 18.2 Å². The summed E-state index contributed by atoms with van der Waals surface area (Å²) in [5.41, 5.74) is -0.606. The first-order chi connectivity index (χ1) is 12.5. The second-order valence-corrected chi connectivity index (χ2v) is 8.07. The summed E-state index contributed by atoms with van der Waals surface area (Å²) in [4.78, 5) is 53.6. The molecule has 0 spiro atoms. The predicted molar refractivity (Wildman–Crippen MR) is 76.3 cm³/mol. The van der Waals surface area contributed by atoms with E-state index in [9.17, 15) is 38.8 Å². The Kier molecular flexibility index (Phi) is 12.9. The first kappa shape index (κ1) is 31.5. The van der Waals surface area contributed by atoms with Crippen LogP contribution >= 0.6 is 15.6 Å². The van der Waals surface area contributed by atoms with Gasteiger partial charge in [0, 0.05) is 0 Å². The molecule has 20 heteroatoms. The van der Waals surface area contributed by atoms with Crippen molar-refractivity contribution in [3.05, 3.63) is 23.0 Å². The monoisotopic (exact) mass is 494 g/mol. The number of phosphoric ester groups is 1. The number of aliphatic hydroxyl groups is 2.